The van der Waals surface area contributed by atoms with Gasteiger partial charge in [0.15, 0.2) is 5.65 Å². The third kappa shape index (κ3) is 2.04. The summed E-state index contributed by atoms with van der Waals surface area (Å²) in [5.41, 5.74) is 2.26. The molecule has 0 radical (unpaired) electrons. The zero-order chi connectivity index (χ0) is 15.1. The summed E-state index contributed by atoms with van der Waals surface area (Å²) in [6.45, 7) is 2.98. The van der Waals surface area contributed by atoms with Gasteiger partial charge in [0.2, 0.25) is 0 Å². The Bertz CT molecular complexity index is 809. The number of hydrogen-bond acceptors (Lipinski definition) is 4. The predicted octanol–water partition coefficient (Wildman–Crippen LogP) is 3.01. The normalized spacial score (nSPS) is 18.3. The van der Waals surface area contributed by atoms with E-state index in [1.807, 2.05) is 24.9 Å². The van der Waals surface area contributed by atoms with Crippen LogP contribution < -0.4 is 4.90 Å². The molecule has 22 heavy (non-hydrogen) atoms. The quantitative estimate of drug-likeness (QED) is 0.728. The smallest absolute Gasteiger partial charge is 0.163 e. The Morgan fingerprint density at radius 3 is 2.77 bits per heavy atom. The molecule has 1 aliphatic heterocycles. The van der Waals surface area contributed by atoms with Crippen molar-refractivity contribution in [1.82, 2.24) is 19.7 Å². The van der Waals surface area contributed by atoms with E-state index in [9.17, 15) is 0 Å². The molecule has 1 aliphatic rings. The lowest BCUT2D eigenvalue weighted by Gasteiger charge is -2.26. The second-order valence-corrected chi connectivity index (χ2v) is 5.86. The largest absolute Gasteiger partial charge is 0.349 e. The van der Waals surface area contributed by atoms with Gasteiger partial charge in [0.05, 0.1) is 17.6 Å². The first-order valence-corrected chi connectivity index (χ1v) is 7.72. The highest BCUT2D eigenvalue weighted by Crippen LogP contribution is 2.37. The molecule has 1 atom stereocenters. The number of hydrogen-bond donors (Lipinski definition) is 0. The minimum atomic E-state index is 0.388. The Morgan fingerprint density at radius 1 is 1.14 bits per heavy atom. The van der Waals surface area contributed by atoms with Crippen LogP contribution in [0, 0.1) is 6.92 Å². The van der Waals surface area contributed by atoms with Gasteiger partial charge in [-0.25, -0.2) is 9.97 Å². The summed E-state index contributed by atoms with van der Waals surface area (Å²) in [7, 11) is 1.93. The summed E-state index contributed by atoms with van der Waals surface area (Å²) in [6.07, 6.45) is 4.23. The summed E-state index contributed by atoms with van der Waals surface area (Å²) in [6, 6.07) is 11.1. The van der Waals surface area contributed by atoms with Gasteiger partial charge >= 0.3 is 0 Å². The van der Waals surface area contributed by atoms with Gasteiger partial charge in [-0.15, -0.1) is 0 Å². The van der Waals surface area contributed by atoms with Gasteiger partial charge in [0, 0.05) is 13.6 Å². The van der Waals surface area contributed by atoms with E-state index in [-0.39, 0.29) is 0 Å². The molecule has 5 heteroatoms. The second kappa shape index (κ2) is 5.09. The van der Waals surface area contributed by atoms with Crippen molar-refractivity contribution in [3.63, 3.8) is 0 Å². The highest BCUT2D eigenvalue weighted by molar-refractivity contribution is 5.87. The highest BCUT2D eigenvalue weighted by atomic mass is 15.3. The first-order valence-electron chi connectivity index (χ1n) is 7.72. The molecule has 1 unspecified atom stereocenters. The van der Waals surface area contributed by atoms with Crippen molar-refractivity contribution in [3.8, 4) is 0 Å². The fourth-order valence-electron chi connectivity index (χ4n) is 3.37. The number of aryl methyl sites for hydroxylation is 2. The van der Waals surface area contributed by atoms with Gasteiger partial charge in [0.25, 0.3) is 0 Å². The van der Waals surface area contributed by atoms with Gasteiger partial charge in [-0.05, 0) is 25.3 Å². The SMILES string of the molecule is Cc1nc(N2CCCC2c2ccccc2)c2cnn(C)c2n1. The molecule has 1 fully saturated rings. The molecule has 4 rings (SSSR count). The molecular formula is C17H19N5. The molecule has 0 bridgehead atoms. The Labute approximate surface area is 129 Å². The lowest BCUT2D eigenvalue weighted by Crippen LogP contribution is -2.24. The molecule has 0 amide bonds. The predicted molar refractivity (Wildman–Crippen MR) is 86.8 cm³/mol. The van der Waals surface area contributed by atoms with Crippen molar-refractivity contribution >= 4 is 16.9 Å². The van der Waals surface area contributed by atoms with Crippen LogP contribution in [-0.4, -0.2) is 26.3 Å². The second-order valence-electron chi connectivity index (χ2n) is 5.86. The zero-order valence-electron chi connectivity index (χ0n) is 12.9. The highest BCUT2D eigenvalue weighted by Gasteiger charge is 2.29. The minimum absolute atomic E-state index is 0.388. The van der Waals surface area contributed by atoms with E-state index >= 15 is 0 Å². The molecule has 1 saturated heterocycles. The van der Waals surface area contributed by atoms with Gasteiger partial charge in [-0.3, -0.25) is 4.68 Å². The Balaban J connectivity index is 1.84. The third-order valence-electron chi connectivity index (χ3n) is 4.39. The monoisotopic (exact) mass is 293 g/mol. The summed E-state index contributed by atoms with van der Waals surface area (Å²) >= 11 is 0. The lowest BCUT2D eigenvalue weighted by molar-refractivity contribution is 0.711. The molecule has 3 aromatic rings. The van der Waals surface area contributed by atoms with E-state index in [2.05, 4.69) is 45.3 Å². The van der Waals surface area contributed by atoms with Crippen LogP contribution in [0.3, 0.4) is 0 Å². The number of benzene rings is 1. The molecule has 0 spiro atoms. The van der Waals surface area contributed by atoms with Crippen LogP contribution in [-0.2, 0) is 7.05 Å². The Hall–Kier alpha value is -2.43. The van der Waals surface area contributed by atoms with Gasteiger partial charge in [-0.2, -0.15) is 5.10 Å². The van der Waals surface area contributed by atoms with Crippen LogP contribution in [0.15, 0.2) is 36.5 Å². The van der Waals surface area contributed by atoms with E-state index in [4.69, 9.17) is 4.98 Å². The van der Waals surface area contributed by atoms with E-state index < -0.39 is 0 Å². The van der Waals surface area contributed by atoms with E-state index in [0.717, 1.165) is 35.6 Å². The Kier molecular flexibility index (Phi) is 3.06. The van der Waals surface area contributed by atoms with Crippen LogP contribution >= 0.6 is 0 Å². The number of anilines is 1. The lowest BCUT2D eigenvalue weighted by atomic mass is 10.0. The maximum atomic E-state index is 4.73. The van der Waals surface area contributed by atoms with Crippen LogP contribution in [0.25, 0.3) is 11.0 Å². The number of aromatic nitrogens is 4. The zero-order valence-corrected chi connectivity index (χ0v) is 12.9. The molecule has 2 aromatic heterocycles. The van der Waals surface area contributed by atoms with Crippen molar-refractivity contribution in [2.75, 3.05) is 11.4 Å². The number of rotatable bonds is 2. The summed E-state index contributed by atoms with van der Waals surface area (Å²) in [4.78, 5) is 11.7. The van der Waals surface area contributed by atoms with Crippen LogP contribution in [0.2, 0.25) is 0 Å². The molecule has 0 aliphatic carbocycles. The van der Waals surface area contributed by atoms with Gasteiger partial charge in [0.1, 0.15) is 11.6 Å². The molecule has 0 N–H and O–H groups in total. The minimum Gasteiger partial charge on any atom is -0.349 e. The summed E-state index contributed by atoms with van der Waals surface area (Å²) < 4.78 is 1.82. The summed E-state index contributed by atoms with van der Waals surface area (Å²) in [5, 5.41) is 5.39. The maximum absolute atomic E-state index is 4.73. The molecular weight excluding hydrogens is 274 g/mol. The summed E-state index contributed by atoms with van der Waals surface area (Å²) in [5.74, 6) is 1.81. The number of fused-ring (bicyclic) bond motifs is 1. The molecule has 3 heterocycles. The average Bonchev–Trinajstić information content (AvgIpc) is 3.15. The van der Waals surface area contributed by atoms with Gasteiger partial charge < -0.3 is 4.90 Å². The van der Waals surface area contributed by atoms with E-state index in [1.165, 1.54) is 12.0 Å². The molecule has 112 valence electrons. The van der Waals surface area contributed by atoms with Crippen molar-refractivity contribution in [2.24, 2.45) is 7.05 Å². The third-order valence-corrected chi connectivity index (χ3v) is 4.39. The molecule has 5 nitrogen and oxygen atoms in total. The van der Waals surface area contributed by atoms with Crippen molar-refractivity contribution < 1.29 is 0 Å². The first kappa shape index (κ1) is 13.2. The Morgan fingerprint density at radius 2 is 1.95 bits per heavy atom. The van der Waals surface area contributed by atoms with Crippen LogP contribution in [0.4, 0.5) is 5.82 Å². The topological polar surface area (TPSA) is 46.8 Å². The fourth-order valence-corrected chi connectivity index (χ4v) is 3.37. The van der Waals surface area contributed by atoms with E-state index in [1.54, 1.807) is 0 Å². The van der Waals surface area contributed by atoms with Crippen LogP contribution in [0.1, 0.15) is 30.3 Å². The van der Waals surface area contributed by atoms with Crippen LogP contribution in [0.5, 0.6) is 0 Å². The van der Waals surface area contributed by atoms with Crippen molar-refractivity contribution in [2.45, 2.75) is 25.8 Å². The molecule has 1 aromatic carbocycles. The van der Waals surface area contributed by atoms with Crippen molar-refractivity contribution in [3.05, 3.63) is 47.9 Å². The fraction of sp³-hybridized carbons (Fsp3) is 0.353. The standard InChI is InChI=1S/C17H19N5/c1-12-19-16-14(11-18-21(16)2)17(20-12)22-10-6-9-15(22)13-7-4-3-5-8-13/h3-5,7-8,11,15H,6,9-10H2,1-2H3. The first-order chi connectivity index (χ1) is 10.7. The number of nitrogens with zero attached hydrogens (tertiary/aromatic N) is 5. The average molecular weight is 293 g/mol. The molecule has 0 saturated carbocycles. The van der Waals surface area contributed by atoms with E-state index in [0.29, 0.717) is 6.04 Å². The van der Waals surface area contributed by atoms with Gasteiger partial charge in [-0.1, -0.05) is 30.3 Å². The van der Waals surface area contributed by atoms with Crippen molar-refractivity contribution in [1.29, 1.82) is 0 Å². The maximum Gasteiger partial charge on any atom is 0.163 e.